The molecule has 24 heavy (non-hydrogen) atoms. The number of alkyl halides is 3. The topological polar surface area (TPSA) is 68.4 Å². The number of nitrogens with zero attached hydrogens (tertiary/aromatic N) is 1. The summed E-state index contributed by atoms with van der Waals surface area (Å²) in [6, 6.07) is 7.83. The highest BCUT2D eigenvalue weighted by Crippen LogP contribution is 2.37. The lowest BCUT2D eigenvalue weighted by Gasteiger charge is -2.15. The van der Waals surface area contributed by atoms with Crippen molar-refractivity contribution in [2.45, 2.75) is 12.3 Å². The fourth-order valence-corrected chi connectivity index (χ4v) is 3.23. The van der Waals surface area contributed by atoms with Crippen molar-refractivity contribution >= 4 is 26.7 Å². The predicted molar refractivity (Wildman–Crippen MR) is 86.1 cm³/mol. The van der Waals surface area contributed by atoms with Crippen molar-refractivity contribution in [3.8, 4) is 5.75 Å². The molecule has 0 radical (unpaired) electrons. The van der Waals surface area contributed by atoms with Gasteiger partial charge in [0.05, 0.1) is 22.9 Å². The Labute approximate surface area is 139 Å². The van der Waals surface area contributed by atoms with Crippen LogP contribution in [-0.4, -0.2) is 17.2 Å². The Balaban J connectivity index is 2.13. The summed E-state index contributed by atoms with van der Waals surface area (Å²) >= 11 is 1.21. The standard InChI is InChI=1S/C16H13F3N2O2S/c1-23-10-6-11(13-12(7-10)24-15(20)21-13)14(22)8-3-2-4-9(5-8)16(17,18)19/h2-7,14,22H,1H3,(H2,20,21). The lowest BCUT2D eigenvalue weighted by atomic mass is 9.98. The Morgan fingerprint density at radius 2 is 2.00 bits per heavy atom. The zero-order valence-electron chi connectivity index (χ0n) is 12.5. The van der Waals surface area contributed by atoms with Crippen LogP contribution in [0.5, 0.6) is 5.75 Å². The minimum absolute atomic E-state index is 0.117. The number of nitrogen functional groups attached to an aromatic ring is 1. The van der Waals surface area contributed by atoms with E-state index in [4.69, 9.17) is 10.5 Å². The van der Waals surface area contributed by atoms with Crippen molar-refractivity contribution in [3.63, 3.8) is 0 Å². The Hall–Kier alpha value is -2.32. The highest BCUT2D eigenvalue weighted by atomic mass is 32.1. The summed E-state index contributed by atoms with van der Waals surface area (Å²) in [5, 5.41) is 10.9. The van der Waals surface area contributed by atoms with E-state index in [2.05, 4.69) is 4.98 Å². The first-order valence-corrected chi connectivity index (χ1v) is 7.70. The number of halogens is 3. The second-order valence-corrected chi connectivity index (χ2v) is 6.20. The maximum Gasteiger partial charge on any atom is 0.416 e. The molecule has 4 nitrogen and oxygen atoms in total. The molecule has 0 amide bonds. The maximum atomic E-state index is 12.9. The number of nitrogens with two attached hydrogens (primary N) is 1. The molecule has 2 aromatic carbocycles. The molecule has 1 aromatic heterocycles. The molecule has 0 aliphatic heterocycles. The third kappa shape index (κ3) is 3.02. The van der Waals surface area contributed by atoms with Crippen molar-refractivity contribution in [3.05, 3.63) is 53.1 Å². The van der Waals surface area contributed by atoms with Crippen LogP contribution in [0, 0.1) is 0 Å². The highest BCUT2D eigenvalue weighted by Gasteiger charge is 2.31. The van der Waals surface area contributed by atoms with Gasteiger partial charge in [0.25, 0.3) is 0 Å². The van der Waals surface area contributed by atoms with Gasteiger partial charge >= 0.3 is 6.18 Å². The first kappa shape index (κ1) is 16.5. The van der Waals surface area contributed by atoms with Crippen LogP contribution in [0.3, 0.4) is 0 Å². The van der Waals surface area contributed by atoms with Crippen molar-refractivity contribution in [2.75, 3.05) is 12.8 Å². The van der Waals surface area contributed by atoms with E-state index in [1.807, 2.05) is 0 Å². The zero-order valence-corrected chi connectivity index (χ0v) is 13.3. The molecule has 1 unspecified atom stereocenters. The molecule has 1 heterocycles. The molecule has 0 spiro atoms. The molecule has 3 N–H and O–H groups in total. The van der Waals surface area contributed by atoms with Crippen LogP contribution in [0.1, 0.15) is 22.8 Å². The first-order chi connectivity index (χ1) is 11.3. The molecule has 3 rings (SSSR count). The highest BCUT2D eigenvalue weighted by molar-refractivity contribution is 7.22. The maximum absolute atomic E-state index is 12.9. The van der Waals surface area contributed by atoms with Crippen molar-refractivity contribution in [2.24, 2.45) is 0 Å². The van der Waals surface area contributed by atoms with Crippen LogP contribution >= 0.6 is 11.3 Å². The number of rotatable bonds is 3. The van der Waals surface area contributed by atoms with E-state index in [1.165, 1.54) is 30.6 Å². The summed E-state index contributed by atoms with van der Waals surface area (Å²) in [4.78, 5) is 4.16. The van der Waals surface area contributed by atoms with Gasteiger partial charge in [0.2, 0.25) is 0 Å². The number of ether oxygens (including phenoxy) is 1. The molecule has 0 aliphatic rings. The van der Waals surface area contributed by atoms with E-state index in [0.717, 1.165) is 12.1 Å². The summed E-state index contributed by atoms with van der Waals surface area (Å²) in [5.41, 5.74) is 5.79. The molecule has 1 atom stereocenters. The quantitative estimate of drug-likeness (QED) is 0.746. The van der Waals surface area contributed by atoms with Crippen LogP contribution in [0.25, 0.3) is 10.2 Å². The molecular weight excluding hydrogens is 341 g/mol. The van der Waals surface area contributed by atoms with Gasteiger partial charge in [-0.05, 0) is 29.8 Å². The second kappa shape index (κ2) is 5.95. The fraction of sp³-hybridized carbons (Fsp3) is 0.188. The zero-order chi connectivity index (χ0) is 17.5. The molecule has 0 aliphatic carbocycles. The summed E-state index contributed by atoms with van der Waals surface area (Å²) in [7, 11) is 1.46. The van der Waals surface area contributed by atoms with E-state index in [9.17, 15) is 18.3 Å². The SMILES string of the molecule is COc1cc(C(O)c2cccc(C(F)(F)F)c2)c2nc(N)sc2c1. The molecule has 0 fully saturated rings. The Morgan fingerprint density at radius 1 is 1.25 bits per heavy atom. The van der Waals surface area contributed by atoms with Crippen LogP contribution < -0.4 is 10.5 Å². The fourth-order valence-electron chi connectivity index (χ4n) is 2.44. The van der Waals surface area contributed by atoms with E-state index in [0.29, 0.717) is 26.7 Å². The number of aliphatic hydroxyl groups is 1. The Kier molecular flexibility index (Phi) is 4.10. The number of aliphatic hydroxyl groups excluding tert-OH is 1. The van der Waals surface area contributed by atoms with E-state index in [1.54, 1.807) is 12.1 Å². The average Bonchev–Trinajstić information content (AvgIpc) is 2.92. The van der Waals surface area contributed by atoms with E-state index in [-0.39, 0.29) is 5.56 Å². The van der Waals surface area contributed by atoms with Gasteiger partial charge in [-0.1, -0.05) is 23.5 Å². The first-order valence-electron chi connectivity index (χ1n) is 6.89. The number of anilines is 1. The van der Waals surface area contributed by atoms with E-state index < -0.39 is 17.8 Å². The third-order valence-electron chi connectivity index (χ3n) is 3.57. The van der Waals surface area contributed by atoms with Gasteiger partial charge in [-0.15, -0.1) is 0 Å². The van der Waals surface area contributed by atoms with Gasteiger partial charge in [0.15, 0.2) is 5.13 Å². The number of benzene rings is 2. The number of thiazole rings is 1. The summed E-state index contributed by atoms with van der Waals surface area (Å²) < 4.78 is 44.5. The number of fused-ring (bicyclic) bond motifs is 1. The van der Waals surface area contributed by atoms with Gasteiger partial charge in [-0.25, -0.2) is 4.98 Å². The largest absolute Gasteiger partial charge is 0.497 e. The minimum Gasteiger partial charge on any atom is -0.497 e. The number of aromatic nitrogens is 1. The van der Waals surface area contributed by atoms with Crippen LogP contribution in [-0.2, 0) is 6.18 Å². The third-order valence-corrected chi connectivity index (χ3v) is 4.41. The lowest BCUT2D eigenvalue weighted by molar-refractivity contribution is -0.137. The molecule has 0 saturated carbocycles. The Morgan fingerprint density at radius 3 is 2.67 bits per heavy atom. The van der Waals surface area contributed by atoms with Gasteiger partial charge in [0, 0.05) is 5.56 Å². The van der Waals surface area contributed by atoms with Crippen LogP contribution in [0.15, 0.2) is 36.4 Å². The van der Waals surface area contributed by atoms with Crippen LogP contribution in [0.4, 0.5) is 18.3 Å². The summed E-state index contributed by atoms with van der Waals surface area (Å²) in [6.07, 6.45) is -5.77. The van der Waals surface area contributed by atoms with Gasteiger partial charge in [-0.3, -0.25) is 0 Å². The van der Waals surface area contributed by atoms with E-state index >= 15 is 0 Å². The van der Waals surface area contributed by atoms with Gasteiger partial charge in [-0.2, -0.15) is 13.2 Å². The smallest absolute Gasteiger partial charge is 0.416 e. The molecular formula is C16H13F3N2O2S. The molecule has 3 aromatic rings. The van der Waals surface area contributed by atoms with Crippen molar-refractivity contribution in [1.29, 1.82) is 0 Å². The van der Waals surface area contributed by atoms with Crippen molar-refractivity contribution in [1.82, 2.24) is 4.98 Å². The minimum atomic E-state index is -4.48. The summed E-state index contributed by atoms with van der Waals surface area (Å²) in [5.74, 6) is 0.465. The second-order valence-electron chi connectivity index (χ2n) is 5.14. The number of hydrogen-bond acceptors (Lipinski definition) is 5. The molecule has 0 saturated heterocycles. The van der Waals surface area contributed by atoms with Gasteiger partial charge < -0.3 is 15.6 Å². The molecule has 126 valence electrons. The summed E-state index contributed by atoms with van der Waals surface area (Å²) in [6.45, 7) is 0. The molecule has 8 heteroatoms. The average molecular weight is 354 g/mol. The number of hydrogen-bond donors (Lipinski definition) is 2. The van der Waals surface area contributed by atoms with Crippen molar-refractivity contribution < 1.29 is 23.0 Å². The number of methoxy groups -OCH3 is 1. The normalized spacial score (nSPS) is 13.2. The predicted octanol–water partition coefficient (Wildman–Crippen LogP) is 3.99. The lowest BCUT2D eigenvalue weighted by Crippen LogP contribution is -2.07. The van der Waals surface area contributed by atoms with Crippen LogP contribution in [0.2, 0.25) is 0 Å². The van der Waals surface area contributed by atoms with Gasteiger partial charge in [0.1, 0.15) is 11.9 Å². The Bertz CT molecular complexity index is 893. The monoisotopic (exact) mass is 354 g/mol. The molecule has 0 bridgehead atoms.